The van der Waals surface area contributed by atoms with Crippen molar-refractivity contribution in [1.29, 1.82) is 0 Å². The molecule has 0 aliphatic heterocycles. The highest BCUT2D eigenvalue weighted by atomic mass is 35.5. The van der Waals surface area contributed by atoms with Crippen LogP contribution in [0.4, 0.5) is 0 Å². The fourth-order valence-corrected chi connectivity index (χ4v) is 2.69. The quantitative estimate of drug-likeness (QED) is 0.809. The molecule has 2 aromatic heterocycles. The number of nitrogens with one attached hydrogen (secondary N) is 1. The fraction of sp³-hybridized carbons (Fsp3) is 0.389. The Bertz CT molecular complexity index is 722. The van der Waals surface area contributed by atoms with Gasteiger partial charge in [-0.1, -0.05) is 25.4 Å². The number of hydrogen-bond donors (Lipinski definition) is 1. The first-order chi connectivity index (χ1) is 11.4. The topological polar surface area (TPSA) is 59.8 Å². The van der Waals surface area contributed by atoms with E-state index in [-0.39, 0.29) is 11.9 Å². The first-order valence-corrected chi connectivity index (χ1v) is 8.37. The fourth-order valence-electron chi connectivity index (χ4n) is 2.38. The average molecular weight is 347 g/mol. The summed E-state index contributed by atoms with van der Waals surface area (Å²) in [5.74, 6) is 0.273. The Kier molecular flexibility index (Phi) is 6.15. The minimum absolute atomic E-state index is 0.0922. The third-order valence-corrected chi connectivity index (χ3v) is 4.01. The van der Waals surface area contributed by atoms with Gasteiger partial charge in [0.05, 0.1) is 11.7 Å². The SMILES string of the molecule is Cc1nn(CC(C)C)c(Cl)c1C=CC(=O)NC(C)c1ccncc1. The Morgan fingerprint density at radius 2 is 2.00 bits per heavy atom. The molecule has 0 aliphatic rings. The summed E-state index contributed by atoms with van der Waals surface area (Å²) < 4.78 is 1.78. The van der Waals surface area contributed by atoms with Crippen LogP contribution in [0.2, 0.25) is 5.15 Å². The van der Waals surface area contributed by atoms with Crippen molar-refractivity contribution in [1.82, 2.24) is 20.1 Å². The van der Waals surface area contributed by atoms with Crippen LogP contribution in [0, 0.1) is 12.8 Å². The number of amides is 1. The second kappa shape index (κ2) is 8.11. The van der Waals surface area contributed by atoms with E-state index in [1.54, 1.807) is 23.2 Å². The number of rotatable bonds is 6. The maximum absolute atomic E-state index is 12.1. The van der Waals surface area contributed by atoms with Gasteiger partial charge in [0.15, 0.2) is 0 Å². The van der Waals surface area contributed by atoms with E-state index in [0.29, 0.717) is 11.1 Å². The summed E-state index contributed by atoms with van der Waals surface area (Å²) in [6.07, 6.45) is 6.63. The normalized spacial score (nSPS) is 12.8. The molecule has 0 fully saturated rings. The van der Waals surface area contributed by atoms with E-state index in [1.165, 1.54) is 6.08 Å². The summed E-state index contributed by atoms with van der Waals surface area (Å²) in [6.45, 7) is 8.78. The Hall–Kier alpha value is -2.14. The molecule has 0 radical (unpaired) electrons. The van der Waals surface area contributed by atoms with Gasteiger partial charge in [-0.25, -0.2) is 0 Å². The van der Waals surface area contributed by atoms with Gasteiger partial charge in [-0.05, 0) is 43.5 Å². The Balaban J connectivity index is 2.05. The van der Waals surface area contributed by atoms with Gasteiger partial charge in [-0.15, -0.1) is 0 Å². The molecule has 0 aromatic carbocycles. The smallest absolute Gasteiger partial charge is 0.244 e. The van der Waals surface area contributed by atoms with Crippen LogP contribution in [0.1, 0.15) is 43.6 Å². The van der Waals surface area contributed by atoms with Crippen LogP contribution in [-0.4, -0.2) is 20.7 Å². The molecule has 2 rings (SSSR count). The highest BCUT2D eigenvalue weighted by Gasteiger charge is 2.13. The zero-order chi connectivity index (χ0) is 17.7. The van der Waals surface area contributed by atoms with E-state index in [4.69, 9.17) is 11.6 Å². The summed E-state index contributed by atoms with van der Waals surface area (Å²) in [7, 11) is 0. The molecule has 1 amide bonds. The number of nitrogens with zero attached hydrogens (tertiary/aromatic N) is 3. The number of aromatic nitrogens is 3. The molecule has 6 heteroatoms. The minimum atomic E-state index is -0.175. The molecule has 0 bridgehead atoms. The predicted molar refractivity (Wildman–Crippen MR) is 96.6 cm³/mol. The molecule has 5 nitrogen and oxygen atoms in total. The average Bonchev–Trinajstić information content (AvgIpc) is 2.79. The van der Waals surface area contributed by atoms with Gasteiger partial charge in [0.25, 0.3) is 0 Å². The number of carbonyl (C=O) groups is 1. The molecule has 1 N–H and O–H groups in total. The molecular weight excluding hydrogens is 324 g/mol. The predicted octanol–water partition coefficient (Wildman–Crippen LogP) is 3.79. The van der Waals surface area contributed by atoms with Crippen LogP contribution in [0.15, 0.2) is 30.6 Å². The van der Waals surface area contributed by atoms with Gasteiger partial charge in [0.2, 0.25) is 5.91 Å². The monoisotopic (exact) mass is 346 g/mol. The third-order valence-electron chi connectivity index (χ3n) is 3.61. The second-order valence-corrected chi connectivity index (χ2v) is 6.57. The maximum Gasteiger partial charge on any atom is 0.244 e. The summed E-state index contributed by atoms with van der Waals surface area (Å²) in [5, 5.41) is 7.91. The Morgan fingerprint density at radius 3 is 2.62 bits per heavy atom. The number of aryl methyl sites for hydroxylation is 1. The first-order valence-electron chi connectivity index (χ1n) is 8.00. The summed E-state index contributed by atoms with van der Waals surface area (Å²) in [5.41, 5.74) is 2.60. The minimum Gasteiger partial charge on any atom is -0.346 e. The number of hydrogen-bond acceptors (Lipinski definition) is 3. The van der Waals surface area contributed by atoms with Crippen LogP contribution in [0.5, 0.6) is 0 Å². The zero-order valence-electron chi connectivity index (χ0n) is 14.5. The van der Waals surface area contributed by atoms with Gasteiger partial charge < -0.3 is 5.32 Å². The third kappa shape index (κ3) is 4.68. The summed E-state index contributed by atoms with van der Waals surface area (Å²) in [4.78, 5) is 16.1. The highest BCUT2D eigenvalue weighted by Crippen LogP contribution is 2.22. The van der Waals surface area contributed by atoms with Crippen molar-refractivity contribution in [2.75, 3.05) is 0 Å². The lowest BCUT2D eigenvalue weighted by molar-refractivity contribution is -0.117. The van der Waals surface area contributed by atoms with Crippen LogP contribution in [0.25, 0.3) is 6.08 Å². The lowest BCUT2D eigenvalue weighted by atomic mass is 10.1. The first kappa shape index (κ1) is 18.2. The molecule has 1 atom stereocenters. The number of carbonyl (C=O) groups excluding carboxylic acids is 1. The van der Waals surface area contributed by atoms with Crippen molar-refractivity contribution >= 4 is 23.6 Å². The standard InChI is InChI=1S/C18H23ClN4O/c1-12(2)11-23-18(19)16(14(4)22-23)5-6-17(24)21-13(3)15-7-9-20-10-8-15/h5-10,12-13H,11H2,1-4H3,(H,21,24). The number of halogens is 1. The van der Waals surface area contributed by atoms with E-state index in [1.807, 2.05) is 26.0 Å². The van der Waals surface area contributed by atoms with Crippen LogP contribution < -0.4 is 5.32 Å². The van der Waals surface area contributed by atoms with E-state index in [0.717, 1.165) is 23.4 Å². The Morgan fingerprint density at radius 1 is 1.33 bits per heavy atom. The van der Waals surface area contributed by atoms with Crippen molar-refractivity contribution < 1.29 is 4.79 Å². The summed E-state index contributed by atoms with van der Waals surface area (Å²) in [6, 6.07) is 3.67. The molecule has 0 saturated heterocycles. The van der Waals surface area contributed by atoms with Gasteiger partial charge in [-0.3, -0.25) is 14.5 Å². The lowest BCUT2D eigenvalue weighted by Gasteiger charge is -2.12. The van der Waals surface area contributed by atoms with E-state index < -0.39 is 0 Å². The van der Waals surface area contributed by atoms with Crippen molar-refractivity contribution in [3.8, 4) is 0 Å². The van der Waals surface area contributed by atoms with Crippen molar-refractivity contribution in [3.63, 3.8) is 0 Å². The van der Waals surface area contributed by atoms with Crippen molar-refractivity contribution in [2.45, 2.75) is 40.3 Å². The van der Waals surface area contributed by atoms with Gasteiger partial charge >= 0.3 is 0 Å². The van der Waals surface area contributed by atoms with Gasteiger partial charge in [0.1, 0.15) is 5.15 Å². The van der Waals surface area contributed by atoms with Crippen LogP contribution in [0.3, 0.4) is 0 Å². The molecular formula is C18H23ClN4O. The van der Waals surface area contributed by atoms with Crippen molar-refractivity contribution in [2.24, 2.45) is 5.92 Å². The van der Waals surface area contributed by atoms with Crippen LogP contribution in [-0.2, 0) is 11.3 Å². The molecule has 128 valence electrons. The van der Waals surface area contributed by atoms with E-state index in [2.05, 4.69) is 29.2 Å². The van der Waals surface area contributed by atoms with Crippen LogP contribution >= 0.6 is 11.6 Å². The highest BCUT2D eigenvalue weighted by molar-refractivity contribution is 6.31. The van der Waals surface area contributed by atoms with Gasteiger partial charge in [0, 0.05) is 30.6 Å². The lowest BCUT2D eigenvalue weighted by Crippen LogP contribution is -2.24. The molecule has 0 spiro atoms. The molecule has 2 aromatic rings. The molecule has 2 heterocycles. The zero-order valence-corrected chi connectivity index (χ0v) is 15.2. The molecule has 24 heavy (non-hydrogen) atoms. The largest absolute Gasteiger partial charge is 0.346 e. The second-order valence-electron chi connectivity index (χ2n) is 6.21. The molecule has 1 unspecified atom stereocenters. The summed E-state index contributed by atoms with van der Waals surface area (Å²) >= 11 is 6.37. The molecule has 0 aliphatic carbocycles. The Labute approximate surface area is 147 Å². The molecule has 0 saturated carbocycles. The van der Waals surface area contributed by atoms with Crippen molar-refractivity contribution in [3.05, 3.63) is 52.6 Å². The number of pyridine rings is 1. The van der Waals surface area contributed by atoms with E-state index >= 15 is 0 Å². The maximum atomic E-state index is 12.1. The van der Waals surface area contributed by atoms with Gasteiger partial charge in [-0.2, -0.15) is 5.10 Å². The van der Waals surface area contributed by atoms with E-state index in [9.17, 15) is 4.79 Å².